The van der Waals surface area contributed by atoms with E-state index < -0.39 is 0 Å². The van der Waals surface area contributed by atoms with Crippen LogP contribution in [0, 0.1) is 25.2 Å². The summed E-state index contributed by atoms with van der Waals surface area (Å²) < 4.78 is 7.13. The first-order valence-corrected chi connectivity index (χ1v) is 10.9. The number of nitrogens with one attached hydrogen (secondary N) is 1. The van der Waals surface area contributed by atoms with Gasteiger partial charge in [0.2, 0.25) is 5.91 Å². The van der Waals surface area contributed by atoms with Crippen molar-refractivity contribution in [3.8, 4) is 17.6 Å². The number of pyridine rings is 1. The molecule has 166 valence electrons. The maximum Gasteiger partial charge on any atom is 0.225 e. The number of halogens is 1. The van der Waals surface area contributed by atoms with E-state index in [1.54, 1.807) is 24.3 Å². The van der Waals surface area contributed by atoms with E-state index >= 15 is 0 Å². The fourth-order valence-corrected chi connectivity index (χ4v) is 3.65. The van der Waals surface area contributed by atoms with E-state index in [2.05, 4.69) is 16.5 Å². The molecule has 0 fully saturated rings. The third kappa shape index (κ3) is 4.97. The van der Waals surface area contributed by atoms with Gasteiger partial charge in [-0.15, -0.1) is 0 Å². The minimum Gasteiger partial charge on any atom is -0.494 e. The van der Waals surface area contributed by atoms with Crippen LogP contribution in [0.2, 0.25) is 5.02 Å². The number of para-hydroxylation sites is 1. The Balaban J connectivity index is 1.49. The van der Waals surface area contributed by atoms with Crippen LogP contribution < -0.4 is 10.1 Å². The van der Waals surface area contributed by atoms with Crippen molar-refractivity contribution in [3.63, 3.8) is 0 Å². The second-order valence-corrected chi connectivity index (χ2v) is 8.09. The summed E-state index contributed by atoms with van der Waals surface area (Å²) in [5.74, 6) is 1.30. The Morgan fingerprint density at radius 3 is 2.73 bits per heavy atom. The van der Waals surface area contributed by atoms with Crippen molar-refractivity contribution in [3.05, 3.63) is 76.4 Å². The highest BCUT2D eigenvalue weighted by Crippen LogP contribution is 2.25. The highest BCUT2D eigenvalue weighted by molar-refractivity contribution is 6.30. The van der Waals surface area contributed by atoms with Crippen molar-refractivity contribution in [2.24, 2.45) is 0 Å². The molecule has 0 aliphatic heterocycles. The topological polar surface area (TPSA) is 92.8 Å². The molecular formula is C25H22ClN5O2. The monoisotopic (exact) mass is 459 g/mol. The fourth-order valence-electron chi connectivity index (χ4n) is 3.52. The molecule has 0 spiro atoms. The lowest BCUT2D eigenvalue weighted by atomic mass is 10.1. The molecule has 2 aromatic heterocycles. The summed E-state index contributed by atoms with van der Waals surface area (Å²) in [4.78, 5) is 17.3. The average molecular weight is 460 g/mol. The van der Waals surface area contributed by atoms with Gasteiger partial charge in [0.1, 0.15) is 17.4 Å². The summed E-state index contributed by atoms with van der Waals surface area (Å²) in [6.07, 6.45) is 2.17. The van der Waals surface area contributed by atoms with Crippen molar-refractivity contribution in [2.45, 2.75) is 26.7 Å². The van der Waals surface area contributed by atoms with Gasteiger partial charge >= 0.3 is 0 Å². The number of aromatic nitrogens is 3. The SMILES string of the molecule is Cc1cc(-n2ncc(C#N)c2NC(=O)CCCOc2ccc(Cl)cc2)nc2c(C)cccc12. The van der Waals surface area contributed by atoms with Crippen LogP contribution in [-0.4, -0.2) is 27.3 Å². The van der Waals surface area contributed by atoms with Gasteiger partial charge in [-0.2, -0.15) is 15.0 Å². The van der Waals surface area contributed by atoms with Crippen LogP contribution in [0.4, 0.5) is 5.82 Å². The number of carbonyl (C=O) groups excluding carboxylic acids is 1. The van der Waals surface area contributed by atoms with E-state index in [0.29, 0.717) is 35.4 Å². The van der Waals surface area contributed by atoms with Gasteiger partial charge in [-0.05, 0) is 61.7 Å². The number of nitriles is 1. The van der Waals surface area contributed by atoms with Gasteiger partial charge in [0.25, 0.3) is 0 Å². The molecule has 33 heavy (non-hydrogen) atoms. The van der Waals surface area contributed by atoms with Crippen LogP contribution in [0.5, 0.6) is 5.75 Å². The average Bonchev–Trinajstić information content (AvgIpc) is 3.21. The van der Waals surface area contributed by atoms with E-state index in [1.807, 2.05) is 38.1 Å². The van der Waals surface area contributed by atoms with Crippen molar-refractivity contribution in [1.29, 1.82) is 5.26 Å². The minimum absolute atomic E-state index is 0.229. The molecule has 1 N–H and O–H groups in total. The van der Waals surface area contributed by atoms with Gasteiger partial charge in [0.15, 0.2) is 11.6 Å². The van der Waals surface area contributed by atoms with Gasteiger partial charge in [0, 0.05) is 16.8 Å². The molecule has 4 aromatic rings. The van der Waals surface area contributed by atoms with E-state index in [9.17, 15) is 10.1 Å². The molecule has 1 amide bonds. The highest BCUT2D eigenvalue weighted by Gasteiger charge is 2.17. The first-order valence-electron chi connectivity index (χ1n) is 10.5. The van der Waals surface area contributed by atoms with Crippen LogP contribution >= 0.6 is 11.6 Å². The number of aryl methyl sites for hydroxylation is 2. The van der Waals surface area contributed by atoms with E-state index in [0.717, 1.165) is 22.0 Å². The van der Waals surface area contributed by atoms with Crippen molar-refractivity contribution in [2.75, 3.05) is 11.9 Å². The number of benzene rings is 2. The largest absolute Gasteiger partial charge is 0.494 e. The van der Waals surface area contributed by atoms with Gasteiger partial charge in [-0.1, -0.05) is 29.8 Å². The number of fused-ring (bicyclic) bond motifs is 1. The van der Waals surface area contributed by atoms with Crippen molar-refractivity contribution < 1.29 is 9.53 Å². The Bertz CT molecular complexity index is 1360. The molecule has 0 unspecified atom stereocenters. The number of nitrogens with zero attached hydrogens (tertiary/aromatic N) is 4. The first kappa shape index (κ1) is 22.3. The lowest BCUT2D eigenvalue weighted by molar-refractivity contribution is -0.116. The second-order valence-electron chi connectivity index (χ2n) is 7.65. The maximum atomic E-state index is 12.6. The minimum atomic E-state index is -0.235. The molecule has 0 aliphatic carbocycles. The Kier molecular flexibility index (Phi) is 6.57. The number of hydrogen-bond donors (Lipinski definition) is 1. The molecule has 2 aromatic carbocycles. The lowest BCUT2D eigenvalue weighted by Crippen LogP contribution is -2.17. The zero-order chi connectivity index (χ0) is 23.4. The lowest BCUT2D eigenvalue weighted by Gasteiger charge is -2.12. The second kappa shape index (κ2) is 9.72. The summed E-state index contributed by atoms with van der Waals surface area (Å²) in [5.41, 5.74) is 3.20. The Labute approximate surface area is 196 Å². The zero-order valence-electron chi connectivity index (χ0n) is 18.3. The third-order valence-corrected chi connectivity index (χ3v) is 5.48. The predicted molar refractivity (Wildman–Crippen MR) is 128 cm³/mol. The van der Waals surface area contributed by atoms with Gasteiger partial charge < -0.3 is 10.1 Å². The number of rotatable bonds is 7. The molecule has 0 aliphatic rings. The first-order chi connectivity index (χ1) is 16.0. The van der Waals surface area contributed by atoms with Crippen LogP contribution in [0.15, 0.2) is 54.7 Å². The molecular weight excluding hydrogens is 438 g/mol. The molecule has 8 heteroatoms. The standard InChI is InChI=1S/C25H22ClN5O2/c1-16-5-3-6-21-17(2)13-22(29-24(16)21)31-25(18(14-27)15-28-31)30-23(32)7-4-12-33-20-10-8-19(26)9-11-20/h3,5-6,8-11,13,15H,4,7,12H2,1-2H3,(H,30,32). The van der Waals surface area contributed by atoms with Gasteiger partial charge in [-0.25, -0.2) is 4.98 Å². The van der Waals surface area contributed by atoms with Crippen molar-refractivity contribution >= 4 is 34.2 Å². The summed E-state index contributed by atoms with van der Waals surface area (Å²) >= 11 is 5.87. The highest BCUT2D eigenvalue weighted by atomic mass is 35.5. The zero-order valence-corrected chi connectivity index (χ0v) is 19.1. The molecule has 7 nitrogen and oxygen atoms in total. The number of amides is 1. The molecule has 2 heterocycles. The molecule has 0 bridgehead atoms. The summed E-state index contributed by atoms with van der Waals surface area (Å²) in [7, 11) is 0. The van der Waals surface area contributed by atoms with Crippen molar-refractivity contribution in [1.82, 2.24) is 14.8 Å². The van der Waals surface area contributed by atoms with Gasteiger partial charge in [-0.3, -0.25) is 4.79 Å². The van der Waals surface area contributed by atoms with Crippen LogP contribution in [-0.2, 0) is 4.79 Å². The predicted octanol–water partition coefficient (Wildman–Crippen LogP) is 5.36. The normalized spacial score (nSPS) is 10.7. The van der Waals surface area contributed by atoms with Crippen LogP contribution in [0.3, 0.4) is 0 Å². The Hall–Kier alpha value is -3.89. The molecule has 0 atom stereocenters. The molecule has 0 saturated carbocycles. The quantitative estimate of drug-likeness (QED) is 0.375. The molecule has 0 saturated heterocycles. The number of carbonyl (C=O) groups is 1. The van der Waals surface area contributed by atoms with Gasteiger partial charge in [0.05, 0.1) is 18.3 Å². The summed E-state index contributed by atoms with van der Waals surface area (Å²) in [6, 6.07) is 17.0. The summed E-state index contributed by atoms with van der Waals surface area (Å²) in [6.45, 7) is 4.38. The fraction of sp³-hybridized carbons (Fsp3) is 0.200. The van der Waals surface area contributed by atoms with E-state index in [1.165, 1.54) is 10.9 Å². The third-order valence-electron chi connectivity index (χ3n) is 5.23. The number of ether oxygens (including phenoxy) is 1. The molecule has 4 rings (SSSR count). The maximum absolute atomic E-state index is 12.6. The Morgan fingerprint density at radius 2 is 1.97 bits per heavy atom. The van der Waals surface area contributed by atoms with Crippen LogP contribution in [0.25, 0.3) is 16.7 Å². The van der Waals surface area contributed by atoms with Crippen LogP contribution in [0.1, 0.15) is 29.5 Å². The van der Waals surface area contributed by atoms with E-state index in [-0.39, 0.29) is 17.9 Å². The summed E-state index contributed by atoms with van der Waals surface area (Å²) in [5, 5.41) is 18.3. The number of hydrogen-bond acceptors (Lipinski definition) is 5. The van der Waals surface area contributed by atoms with E-state index in [4.69, 9.17) is 21.3 Å². The number of anilines is 1. The molecule has 0 radical (unpaired) electrons. The Morgan fingerprint density at radius 1 is 1.18 bits per heavy atom. The smallest absolute Gasteiger partial charge is 0.225 e.